The molecule has 2 aromatic carbocycles. The summed E-state index contributed by atoms with van der Waals surface area (Å²) in [6.07, 6.45) is -1.41. The molecular weight excluding hydrogens is 584 g/mol. The van der Waals surface area contributed by atoms with E-state index < -0.39 is 61.1 Å². The Balaban J connectivity index is 1.23. The Hall–Kier alpha value is -5.12. The number of alkyl carbamates (subject to hydrolysis) is 1. The normalized spacial score (nSPS) is 20.7. The molecule has 0 bridgehead atoms. The lowest BCUT2D eigenvalue weighted by atomic mass is 10.0. The van der Waals surface area contributed by atoms with E-state index in [0.717, 1.165) is 11.1 Å². The summed E-state index contributed by atoms with van der Waals surface area (Å²) in [5.74, 6) is -1.13. The van der Waals surface area contributed by atoms with Crippen LogP contribution in [0.5, 0.6) is 0 Å². The third kappa shape index (κ3) is 7.34. The van der Waals surface area contributed by atoms with E-state index in [4.69, 9.17) is 15.2 Å². The van der Waals surface area contributed by atoms with Gasteiger partial charge in [-0.25, -0.2) is 19.7 Å². The maximum atomic E-state index is 13.3. The van der Waals surface area contributed by atoms with Crippen LogP contribution >= 0.6 is 0 Å². The number of nitrogen functional groups attached to an aromatic ring is 1. The molecule has 2 aromatic heterocycles. The third-order valence-electron chi connectivity index (χ3n) is 7.38. The predicted molar refractivity (Wildman–Crippen MR) is 160 cm³/mol. The van der Waals surface area contributed by atoms with E-state index in [1.165, 1.54) is 24.1 Å². The van der Waals surface area contributed by atoms with Gasteiger partial charge in [-0.15, -0.1) is 0 Å². The number of nitrogens with zero attached hydrogens (tertiary/aromatic N) is 4. The summed E-state index contributed by atoms with van der Waals surface area (Å²) in [6, 6.07) is 15.0. The number of hydrogen-bond donors (Lipinski definition) is 6. The van der Waals surface area contributed by atoms with Gasteiger partial charge in [0.1, 0.15) is 42.7 Å². The molecule has 1 saturated heterocycles. The van der Waals surface area contributed by atoms with Gasteiger partial charge in [0.2, 0.25) is 11.8 Å². The standard InChI is InChI=1S/C30H34N8O7/c1-17(27(41)37-22-21(13-39)45-29(24(22)40)38-16-34-23-25(31)32-15-33-26(23)38)35-28(42)20(12-18-8-4-2-5-9-18)36-30(43)44-14-19-10-6-3-7-11-19/h2-11,15-17,20-22,24,29,39-40H,12-14H2,1H3,(H,35,42)(H,36,43)(H,37,41)(H2,31,32,33)/t17-,20+,21-,22-,24+,29-/m0/s1. The maximum Gasteiger partial charge on any atom is 0.408 e. The average molecular weight is 619 g/mol. The lowest BCUT2D eigenvalue weighted by Crippen LogP contribution is -2.57. The van der Waals surface area contributed by atoms with E-state index in [2.05, 4.69) is 30.9 Å². The average Bonchev–Trinajstić information content (AvgIpc) is 3.61. The van der Waals surface area contributed by atoms with Crippen LogP contribution in [-0.4, -0.2) is 84.6 Å². The molecule has 3 heterocycles. The highest BCUT2D eigenvalue weighted by atomic mass is 16.6. The van der Waals surface area contributed by atoms with Crippen molar-refractivity contribution in [1.82, 2.24) is 35.5 Å². The molecule has 236 valence electrons. The lowest BCUT2D eigenvalue weighted by Gasteiger charge is -2.24. The van der Waals surface area contributed by atoms with Gasteiger partial charge < -0.3 is 41.4 Å². The second-order valence-corrected chi connectivity index (χ2v) is 10.5. The Morgan fingerprint density at radius 3 is 2.38 bits per heavy atom. The fourth-order valence-corrected chi connectivity index (χ4v) is 5.00. The largest absolute Gasteiger partial charge is 0.445 e. The molecule has 6 atom stereocenters. The van der Waals surface area contributed by atoms with Gasteiger partial charge in [-0.05, 0) is 18.1 Å². The Kier molecular flexibility index (Phi) is 9.82. The topological polar surface area (TPSA) is 216 Å². The highest BCUT2D eigenvalue weighted by Crippen LogP contribution is 2.32. The monoisotopic (exact) mass is 618 g/mol. The minimum Gasteiger partial charge on any atom is -0.445 e. The zero-order chi connectivity index (χ0) is 31.9. The Bertz CT molecular complexity index is 1620. The number of benzene rings is 2. The first-order valence-corrected chi connectivity index (χ1v) is 14.2. The number of nitrogens with one attached hydrogen (secondary N) is 3. The smallest absolute Gasteiger partial charge is 0.408 e. The van der Waals surface area contributed by atoms with Crippen molar-refractivity contribution in [2.24, 2.45) is 0 Å². The summed E-state index contributed by atoms with van der Waals surface area (Å²) in [5, 5.41) is 29.0. The summed E-state index contributed by atoms with van der Waals surface area (Å²) in [7, 11) is 0. The van der Waals surface area contributed by atoms with E-state index in [9.17, 15) is 24.6 Å². The van der Waals surface area contributed by atoms with Crippen LogP contribution in [0.15, 0.2) is 73.3 Å². The molecule has 0 aliphatic carbocycles. The first-order valence-electron chi connectivity index (χ1n) is 14.2. The molecule has 7 N–H and O–H groups in total. The molecule has 0 spiro atoms. The number of aliphatic hydroxyl groups is 2. The number of carbonyl (C=O) groups excluding carboxylic acids is 3. The summed E-state index contributed by atoms with van der Waals surface area (Å²) >= 11 is 0. The number of amides is 3. The first-order chi connectivity index (χ1) is 21.7. The molecule has 1 aliphatic heterocycles. The van der Waals surface area contributed by atoms with Gasteiger partial charge in [0.15, 0.2) is 17.7 Å². The second-order valence-electron chi connectivity index (χ2n) is 10.5. The quantitative estimate of drug-likeness (QED) is 0.133. The van der Waals surface area contributed by atoms with Gasteiger partial charge >= 0.3 is 6.09 Å². The number of rotatable bonds is 11. The van der Waals surface area contributed by atoms with Gasteiger partial charge in [-0.1, -0.05) is 60.7 Å². The number of aromatic nitrogens is 4. The van der Waals surface area contributed by atoms with Crippen LogP contribution in [0.1, 0.15) is 24.3 Å². The summed E-state index contributed by atoms with van der Waals surface area (Å²) in [5.41, 5.74) is 8.03. The van der Waals surface area contributed by atoms with Gasteiger partial charge in [0, 0.05) is 6.42 Å². The highest BCUT2D eigenvalue weighted by Gasteiger charge is 2.46. The minimum atomic E-state index is -1.32. The molecule has 0 saturated carbocycles. The molecule has 15 heteroatoms. The fraction of sp³-hybridized carbons (Fsp3) is 0.333. The Morgan fingerprint density at radius 2 is 1.69 bits per heavy atom. The van der Waals surface area contributed by atoms with Gasteiger partial charge in [0.05, 0.1) is 19.0 Å². The van der Waals surface area contributed by atoms with E-state index in [-0.39, 0.29) is 18.8 Å². The fourth-order valence-electron chi connectivity index (χ4n) is 5.00. The van der Waals surface area contributed by atoms with Crippen LogP contribution in [-0.2, 0) is 32.1 Å². The first kappa shape index (κ1) is 31.3. The number of imidazole rings is 1. The summed E-state index contributed by atoms with van der Waals surface area (Å²) < 4.78 is 12.6. The van der Waals surface area contributed by atoms with Crippen molar-refractivity contribution >= 4 is 34.9 Å². The molecule has 45 heavy (non-hydrogen) atoms. The van der Waals surface area contributed by atoms with E-state index in [0.29, 0.717) is 11.2 Å². The zero-order valence-corrected chi connectivity index (χ0v) is 24.3. The number of hydrogen-bond acceptors (Lipinski definition) is 11. The molecule has 0 unspecified atom stereocenters. The number of fused-ring (bicyclic) bond motifs is 1. The van der Waals surface area contributed by atoms with Crippen molar-refractivity contribution in [2.45, 2.75) is 56.5 Å². The molecule has 1 aliphatic rings. The zero-order valence-electron chi connectivity index (χ0n) is 24.3. The van der Waals surface area contributed by atoms with Crippen molar-refractivity contribution in [2.75, 3.05) is 12.3 Å². The van der Waals surface area contributed by atoms with Crippen molar-refractivity contribution in [1.29, 1.82) is 0 Å². The van der Waals surface area contributed by atoms with Crippen LogP contribution < -0.4 is 21.7 Å². The van der Waals surface area contributed by atoms with Crippen molar-refractivity contribution < 1.29 is 34.1 Å². The molecule has 3 amide bonds. The van der Waals surface area contributed by atoms with Crippen LogP contribution in [0.4, 0.5) is 10.6 Å². The van der Waals surface area contributed by atoms with Crippen LogP contribution in [0, 0.1) is 0 Å². The van der Waals surface area contributed by atoms with Gasteiger partial charge in [0.25, 0.3) is 0 Å². The van der Waals surface area contributed by atoms with E-state index in [1.54, 1.807) is 12.1 Å². The summed E-state index contributed by atoms with van der Waals surface area (Å²) in [6.45, 7) is 0.952. The molecule has 4 aromatic rings. The number of aliphatic hydroxyl groups excluding tert-OH is 2. The number of anilines is 1. The number of carbonyl (C=O) groups is 3. The van der Waals surface area contributed by atoms with Crippen LogP contribution in [0.2, 0.25) is 0 Å². The van der Waals surface area contributed by atoms with Crippen molar-refractivity contribution in [3.63, 3.8) is 0 Å². The number of ether oxygens (including phenoxy) is 2. The summed E-state index contributed by atoms with van der Waals surface area (Å²) in [4.78, 5) is 51.4. The predicted octanol–water partition coefficient (Wildman–Crippen LogP) is 0.186. The van der Waals surface area contributed by atoms with Crippen molar-refractivity contribution in [3.05, 3.63) is 84.4 Å². The Morgan fingerprint density at radius 1 is 1.00 bits per heavy atom. The third-order valence-corrected chi connectivity index (χ3v) is 7.38. The van der Waals surface area contributed by atoms with Crippen molar-refractivity contribution in [3.8, 4) is 0 Å². The molecule has 15 nitrogen and oxygen atoms in total. The van der Waals surface area contributed by atoms with E-state index >= 15 is 0 Å². The van der Waals surface area contributed by atoms with Gasteiger partial charge in [-0.3, -0.25) is 14.2 Å². The minimum absolute atomic E-state index is 0.0131. The van der Waals surface area contributed by atoms with Gasteiger partial charge in [-0.2, -0.15) is 0 Å². The molecule has 1 fully saturated rings. The molecule has 0 radical (unpaired) electrons. The van der Waals surface area contributed by atoms with E-state index in [1.807, 2.05) is 48.5 Å². The maximum absolute atomic E-state index is 13.3. The molecule has 5 rings (SSSR count). The SMILES string of the molecule is C[C@H](NC(=O)[C@@H](Cc1ccccc1)NC(=O)OCc1ccccc1)C(=O)N[C@@H]1[C@@H](O)[C@@H](n2cnc3c(N)ncnc32)O[C@H]1CO. The lowest BCUT2D eigenvalue weighted by molar-refractivity contribution is -0.130. The van der Waals surface area contributed by atoms with Crippen LogP contribution in [0.25, 0.3) is 11.2 Å². The second kappa shape index (κ2) is 14.1. The highest BCUT2D eigenvalue weighted by molar-refractivity contribution is 5.91. The van der Waals surface area contributed by atoms with Crippen LogP contribution in [0.3, 0.4) is 0 Å². The number of nitrogens with two attached hydrogens (primary N) is 1. The molecular formula is C30H34N8O7. The Labute approximate surface area is 257 Å².